The van der Waals surface area contributed by atoms with Crippen molar-refractivity contribution in [3.8, 4) is 0 Å². The van der Waals surface area contributed by atoms with Crippen LogP contribution >= 0.6 is 11.6 Å². The molecule has 0 amide bonds. The molecule has 100 valence electrons. The average Bonchev–Trinajstić information content (AvgIpc) is 2.39. The second-order valence-corrected chi connectivity index (χ2v) is 5.10. The second-order valence-electron chi connectivity index (χ2n) is 4.66. The highest BCUT2D eigenvalue weighted by atomic mass is 35.5. The zero-order valence-electron chi connectivity index (χ0n) is 11.3. The molecule has 0 heterocycles. The molecule has 2 rings (SSSR count). The van der Waals surface area contributed by atoms with Crippen LogP contribution in [0.15, 0.2) is 42.5 Å². The molecule has 2 nitrogen and oxygen atoms in total. The molecular weight excluding hydrogens is 256 g/mol. The van der Waals surface area contributed by atoms with Crippen molar-refractivity contribution in [2.45, 2.75) is 13.8 Å². The van der Waals surface area contributed by atoms with E-state index in [4.69, 9.17) is 11.6 Å². The number of benzene rings is 2. The molecule has 2 N–H and O–H groups in total. The minimum absolute atomic E-state index is 0.757. The summed E-state index contributed by atoms with van der Waals surface area (Å²) >= 11 is 5.93. The van der Waals surface area contributed by atoms with Crippen molar-refractivity contribution in [3.05, 3.63) is 58.6 Å². The van der Waals surface area contributed by atoms with E-state index in [0.29, 0.717) is 0 Å². The molecule has 0 unspecified atom stereocenters. The van der Waals surface area contributed by atoms with Crippen molar-refractivity contribution >= 4 is 23.0 Å². The average molecular weight is 275 g/mol. The Labute approximate surface area is 119 Å². The first-order valence-electron chi connectivity index (χ1n) is 6.46. The lowest BCUT2D eigenvalue weighted by Gasteiger charge is -2.10. The van der Waals surface area contributed by atoms with Gasteiger partial charge < -0.3 is 10.6 Å². The lowest BCUT2D eigenvalue weighted by Crippen LogP contribution is -2.13. The molecule has 0 fully saturated rings. The van der Waals surface area contributed by atoms with Gasteiger partial charge in [-0.2, -0.15) is 0 Å². The fraction of sp³-hybridized carbons (Fsp3) is 0.250. The van der Waals surface area contributed by atoms with Gasteiger partial charge in [0.1, 0.15) is 0 Å². The third kappa shape index (κ3) is 4.18. The Bertz CT molecular complexity index is 552. The summed E-state index contributed by atoms with van der Waals surface area (Å²) in [6, 6.07) is 14.2. The SMILES string of the molecule is Cc1ccc(NCCNc2cccc(Cl)c2)cc1C. The van der Waals surface area contributed by atoms with Gasteiger partial charge in [0, 0.05) is 29.5 Å². The number of aryl methyl sites for hydroxylation is 2. The Balaban J connectivity index is 1.79. The Morgan fingerprint density at radius 1 is 0.842 bits per heavy atom. The molecule has 2 aromatic rings. The van der Waals surface area contributed by atoms with Gasteiger partial charge in [-0.1, -0.05) is 23.7 Å². The molecule has 0 aromatic heterocycles. The van der Waals surface area contributed by atoms with E-state index < -0.39 is 0 Å². The maximum absolute atomic E-state index is 5.93. The highest BCUT2D eigenvalue weighted by Crippen LogP contribution is 2.15. The molecule has 0 radical (unpaired) electrons. The fourth-order valence-corrected chi connectivity index (χ4v) is 2.05. The summed E-state index contributed by atoms with van der Waals surface area (Å²) in [7, 11) is 0. The van der Waals surface area contributed by atoms with Crippen LogP contribution in [-0.4, -0.2) is 13.1 Å². The molecule has 0 atom stereocenters. The molecule has 0 aliphatic heterocycles. The van der Waals surface area contributed by atoms with Crippen LogP contribution in [0.2, 0.25) is 5.02 Å². The van der Waals surface area contributed by atoms with Crippen molar-refractivity contribution < 1.29 is 0 Å². The van der Waals surface area contributed by atoms with Gasteiger partial charge in [0.15, 0.2) is 0 Å². The maximum Gasteiger partial charge on any atom is 0.0426 e. The summed E-state index contributed by atoms with van der Waals surface area (Å²) in [4.78, 5) is 0. The van der Waals surface area contributed by atoms with Gasteiger partial charge in [0.25, 0.3) is 0 Å². The lowest BCUT2D eigenvalue weighted by atomic mass is 10.1. The second kappa shape index (κ2) is 6.48. The first-order valence-corrected chi connectivity index (χ1v) is 6.83. The summed E-state index contributed by atoms with van der Waals surface area (Å²) in [5.41, 5.74) is 4.85. The Hall–Kier alpha value is -1.67. The lowest BCUT2D eigenvalue weighted by molar-refractivity contribution is 1.08. The van der Waals surface area contributed by atoms with Gasteiger partial charge in [-0.15, -0.1) is 0 Å². The van der Waals surface area contributed by atoms with Crippen molar-refractivity contribution in [1.82, 2.24) is 0 Å². The van der Waals surface area contributed by atoms with Crippen molar-refractivity contribution in [3.63, 3.8) is 0 Å². The van der Waals surface area contributed by atoms with E-state index in [1.165, 1.54) is 11.1 Å². The van der Waals surface area contributed by atoms with Gasteiger partial charge >= 0.3 is 0 Å². The first kappa shape index (κ1) is 13.8. The van der Waals surface area contributed by atoms with E-state index in [9.17, 15) is 0 Å². The topological polar surface area (TPSA) is 24.1 Å². The van der Waals surface area contributed by atoms with Gasteiger partial charge in [0.05, 0.1) is 0 Å². The van der Waals surface area contributed by atoms with Crippen molar-refractivity contribution in [1.29, 1.82) is 0 Å². The van der Waals surface area contributed by atoms with E-state index in [-0.39, 0.29) is 0 Å². The number of hydrogen-bond acceptors (Lipinski definition) is 2. The number of rotatable bonds is 5. The summed E-state index contributed by atoms with van der Waals surface area (Å²) in [6.07, 6.45) is 0. The zero-order chi connectivity index (χ0) is 13.7. The minimum atomic E-state index is 0.757. The van der Waals surface area contributed by atoms with Crippen LogP contribution in [0.1, 0.15) is 11.1 Å². The van der Waals surface area contributed by atoms with Gasteiger partial charge in [-0.05, 0) is 55.3 Å². The van der Waals surface area contributed by atoms with Crippen molar-refractivity contribution in [2.75, 3.05) is 23.7 Å². The van der Waals surface area contributed by atoms with Gasteiger partial charge in [-0.25, -0.2) is 0 Å². The van der Waals surface area contributed by atoms with Crippen LogP contribution in [0.5, 0.6) is 0 Å². The van der Waals surface area contributed by atoms with E-state index in [1.54, 1.807) is 0 Å². The molecule has 19 heavy (non-hydrogen) atoms. The quantitative estimate of drug-likeness (QED) is 0.786. The normalized spacial score (nSPS) is 10.3. The number of halogens is 1. The van der Waals surface area contributed by atoms with E-state index >= 15 is 0 Å². The number of hydrogen-bond donors (Lipinski definition) is 2. The highest BCUT2D eigenvalue weighted by Gasteiger charge is 1.96. The first-order chi connectivity index (χ1) is 9.15. The van der Waals surface area contributed by atoms with Crippen molar-refractivity contribution in [2.24, 2.45) is 0 Å². The molecule has 0 saturated heterocycles. The third-order valence-electron chi connectivity index (χ3n) is 3.11. The maximum atomic E-state index is 5.93. The monoisotopic (exact) mass is 274 g/mol. The Morgan fingerprint density at radius 3 is 2.16 bits per heavy atom. The molecular formula is C16H19ClN2. The molecule has 0 aliphatic carbocycles. The largest absolute Gasteiger partial charge is 0.383 e. The Morgan fingerprint density at radius 2 is 1.53 bits per heavy atom. The predicted molar refractivity (Wildman–Crippen MR) is 84.3 cm³/mol. The molecule has 0 saturated carbocycles. The van der Waals surface area contributed by atoms with Gasteiger partial charge in [-0.3, -0.25) is 0 Å². The van der Waals surface area contributed by atoms with Crippen LogP contribution in [-0.2, 0) is 0 Å². The summed E-state index contributed by atoms with van der Waals surface area (Å²) in [6.45, 7) is 5.98. The molecule has 0 spiro atoms. The standard InChI is InChI=1S/C16H19ClN2/c1-12-6-7-16(10-13(12)2)19-9-8-18-15-5-3-4-14(17)11-15/h3-7,10-11,18-19H,8-9H2,1-2H3. The Kier molecular flexibility index (Phi) is 4.69. The zero-order valence-corrected chi connectivity index (χ0v) is 12.1. The minimum Gasteiger partial charge on any atom is -0.383 e. The smallest absolute Gasteiger partial charge is 0.0426 e. The van der Waals surface area contributed by atoms with Crippen LogP contribution in [0.25, 0.3) is 0 Å². The summed E-state index contributed by atoms with van der Waals surface area (Å²) in [5, 5.41) is 7.49. The third-order valence-corrected chi connectivity index (χ3v) is 3.35. The number of nitrogens with one attached hydrogen (secondary N) is 2. The van der Waals surface area contributed by atoms with Gasteiger partial charge in [0.2, 0.25) is 0 Å². The van der Waals surface area contributed by atoms with E-state index in [1.807, 2.05) is 24.3 Å². The van der Waals surface area contributed by atoms with Crippen LogP contribution in [0.4, 0.5) is 11.4 Å². The highest BCUT2D eigenvalue weighted by molar-refractivity contribution is 6.30. The number of anilines is 2. The predicted octanol–water partition coefficient (Wildman–Crippen LogP) is 4.48. The van der Waals surface area contributed by atoms with E-state index in [2.05, 4.69) is 42.7 Å². The fourth-order valence-electron chi connectivity index (χ4n) is 1.86. The molecule has 2 aromatic carbocycles. The van der Waals surface area contributed by atoms with E-state index in [0.717, 1.165) is 29.5 Å². The van der Waals surface area contributed by atoms with Crippen LogP contribution < -0.4 is 10.6 Å². The molecule has 3 heteroatoms. The van der Waals surface area contributed by atoms with Crippen LogP contribution in [0.3, 0.4) is 0 Å². The molecule has 0 bridgehead atoms. The summed E-state index contributed by atoms with van der Waals surface area (Å²) < 4.78 is 0. The van der Waals surface area contributed by atoms with Crippen LogP contribution in [0, 0.1) is 13.8 Å². The molecule has 0 aliphatic rings. The summed E-state index contributed by atoms with van der Waals surface area (Å²) in [5.74, 6) is 0.